The Kier molecular flexibility index (Phi) is 6.94. The zero-order chi connectivity index (χ0) is 31.0. The van der Waals surface area contributed by atoms with Crippen molar-refractivity contribution in [1.82, 2.24) is 25.2 Å². The lowest BCUT2D eigenvalue weighted by Gasteiger charge is -2.40. The van der Waals surface area contributed by atoms with E-state index in [1.165, 1.54) is 6.07 Å². The molecule has 2 unspecified atom stereocenters. The van der Waals surface area contributed by atoms with E-state index >= 15 is 4.39 Å². The molecule has 7 rings (SSSR count). The van der Waals surface area contributed by atoms with E-state index in [1.807, 2.05) is 11.0 Å². The fourth-order valence-electron chi connectivity index (χ4n) is 7.63. The maximum atomic E-state index is 16.6. The number of anilines is 2. The molecule has 0 radical (unpaired) electrons. The van der Waals surface area contributed by atoms with Crippen molar-refractivity contribution in [2.24, 2.45) is 0 Å². The van der Waals surface area contributed by atoms with E-state index in [-0.39, 0.29) is 34.0 Å². The standard InChI is InChI=1S/C30H31ClF5N7O/c1-2-28-8-5-16(41-28)13-42(14-28)26-17-11-18(31)21(25-22(30(34,35)36)19(32)12-20(37)38-25)23(33)24(17)39-27(40-26)44-15-29-6-3-9-43(29)10-4-7-29/h2,11-12,16,41H,1,3-10,13-15H2,(H2,37,38). The van der Waals surface area contributed by atoms with Gasteiger partial charge in [-0.2, -0.15) is 23.1 Å². The number of rotatable bonds is 6. The summed E-state index contributed by atoms with van der Waals surface area (Å²) in [4.78, 5) is 17.2. The van der Waals surface area contributed by atoms with E-state index in [9.17, 15) is 17.6 Å². The van der Waals surface area contributed by atoms with Gasteiger partial charge in [-0.1, -0.05) is 17.7 Å². The van der Waals surface area contributed by atoms with E-state index in [0.717, 1.165) is 51.6 Å². The summed E-state index contributed by atoms with van der Waals surface area (Å²) in [6, 6.07) is 1.76. The third-order valence-electron chi connectivity index (χ3n) is 9.67. The summed E-state index contributed by atoms with van der Waals surface area (Å²) in [6.45, 7) is 7.26. The van der Waals surface area contributed by atoms with Crippen LogP contribution in [0.15, 0.2) is 24.8 Å². The Hall–Kier alpha value is -3.29. The number of aromatic nitrogens is 3. The van der Waals surface area contributed by atoms with Crippen molar-refractivity contribution in [1.29, 1.82) is 0 Å². The number of hydrogen-bond acceptors (Lipinski definition) is 8. The molecule has 2 atom stereocenters. The summed E-state index contributed by atoms with van der Waals surface area (Å²) < 4.78 is 79.5. The molecule has 8 nitrogen and oxygen atoms in total. The number of nitrogens with zero attached hydrogens (tertiary/aromatic N) is 5. The van der Waals surface area contributed by atoms with Gasteiger partial charge in [0.1, 0.15) is 35.1 Å². The predicted molar refractivity (Wildman–Crippen MR) is 157 cm³/mol. The highest BCUT2D eigenvalue weighted by atomic mass is 35.5. The maximum Gasteiger partial charge on any atom is 0.421 e. The van der Waals surface area contributed by atoms with Crippen molar-refractivity contribution in [3.63, 3.8) is 0 Å². The lowest BCUT2D eigenvalue weighted by atomic mass is 9.95. The number of alkyl halides is 3. The molecule has 3 aromatic rings. The number of ether oxygens (including phenoxy) is 1. The first-order valence-corrected chi connectivity index (χ1v) is 15.1. The summed E-state index contributed by atoms with van der Waals surface area (Å²) in [5, 5.41) is 3.35. The van der Waals surface area contributed by atoms with E-state index in [1.54, 1.807) is 0 Å². The van der Waals surface area contributed by atoms with Crippen LogP contribution in [0.4, 0.5) is 33.6 Å². The number of nitrogen functional groups attached to an aromatic ring is 1. The van der Waals surface area contributed by atoms with Crippen LogP contribution in [0.2, 0.25) is 5.02 Å². The highest BCUT2D eigenvalue weighted by Crippen LogP contribution is 2.45. The predicted octanol–water partition coefficient (Wildman–Crippen LogP) is 5.73. The van der Waals surface area contributed by atoms with Crippen molar-refractivity contribution < 1.29 is 26.7 Å². The van der Waals surface area contributed by atoms with Crippen LogP contribution in [-0.4, -0.2) is 69.8 Å². The van der Waals surface area contributed by atoms with Crippen molar-refractivity contribution >= 4 is 34.1 Å². The molecule has 234 valence electrons. The summed E-state index contributed by atoms with van der Waals surface area (Å²) in [7, 11) is 0. The normalized spacial score (nSPS) is 24.7. The van der Waals surface area contributed by atoms with Crippen LogP contribution < -0.4 is 20.7 Å². The molecule has 0 spiro atoms. The first-order chi connectivity index (χ1) is 20.9. The quantitative estimate of drug-likeness (QED) is 0.262. The van der Waals surface area contributed by atoms with Crippen LogP contribution >= 0.6 is 11.6 Å². The lowest BCUT2D eigenvalue weighted by molar-refractivity contribution is -0.139. The van der Waals surface area contributed by atoms with Gasteiger partial charge >= 0.3 is 12.2 Å². The Labute approximate surface area is 255 Å². The van der Waals surface area contributed by atoms with Gasteiger partial charge in [0.2, 0.25) is 0 Å². The van der Waals surface area contributed by atoms with Crippen LogP contribution in [-0.2, 0) is 6.18 Å². The second kappa shape index (κ2) is 10.4. The first-order valence-electron chi connectivity index (χ1n) is 14.7. The highest BCUT2D eigenvalue weighted by Gasteiger charge is 2.46. The van der Waals surface area contributed by atoms with Gasteiger partial charge in [-0.05, 0) is 57.7 Å². The molecule has 4 fully saturated rings. The molecular formula is C30H31ClF5N7O. The fraction of sp³-hybridized carbons (Fsp3) is 0.500. The van der Waals surface area contributed by atoms with Gasteiger partial charge in [0, 0.05) is 30.6 Å². The molecule has 0 aliphatic carbocycles. The molecule has 4 saturated heterocycles. The third kappa shape index (κ3) is 4.74. The fourth-order valence-corrected chi connectivity index (χ4v) is 7.91. The van der Waals surface area contributed by atoms with Crippen molar-refractivity contribution in [3.05, 3.63) is 47.0 Å². The van der Waals surface area contributed by atoms with E-state index in [0.29, 0.717) is 31.6 Å². The minimum atomic E-state index is -5.21. The van der Waals surface area contributed by atoms with Gasteiger partial charge in [0.15, 0.2) is 5.82 Å². The molecular weight excluding hydrogens is 605 g/mol. The van der Waals surface area contributed by atoms with Gasteiger partial charge in [0.05, 0.1) is 27.4 Å². The highest BCUT2D eigenvalue weighted by molar-refractivity contribution is 6.34. The SMILES string of the molecule is C=CC12CCC(CN(c3nc(OCC45CCCN4CCC5)nc4c(F)c(-c5nc(N)cc(F)c5C(F)(F)F)c(Cl)cc34)C1)N2. The largest absolute Gasteiger partial charge is 0.461 e. The molecule has 2 aromatic heterocycles. The maximum absolute atomic E-state index is 16.6. The van der Waals surface area contributed by atoms with E-state index < -0.39 is 45.5 Å². The van der Waals surface area contributed by atoms with Gasteiger partial charge in [-0.25, -0.2) is 13.8 Å². The summed E-state index contributed by atoms with van der Waals surface area (Å²) in [5.41, 5.74) is 1.17. The number of fused-ring (bicyclic) bond motifs is 4. The zero-order valence-corrected chi connectivity index (χ0v) is 24.5. The summed E-state index contributed by atoms with van der Waals surface area (Å²) >= 11 is 6.50. The van der Waals surface area contributed by atoms with Gasteiger partial charge in [0.25, 0.3) is 0 Å². The minimum Gasteiger partial charge on any atom is -0.461 e. The third-order valence-corrected chi connectivity index (χ3v) is 9.97. The van der Waals surface area contributed by atoms with Crippen LogP contribution in [0.5, 0.6) is 6.01 Å². The average molecular weight is 636 g/mol. The Morgan fingerprint density at radius 3 is 2.59 bits per heavy atom. The molecule has 44 heavy (non-hydrogen) atoms. The smallest absolute Gasteiger partial charge is 0.421 e. The van der Waals surface area contributed by atoms with Crippen molar-refractivity contribution in [3.8, 4) is 17.3 Å². The minimum absolute atomic E-state index is 0.103. The number of hydrogen-bond donors (Lipinski definition) is 2. The van der Waals surface area contributed by atoms with Crippen LogP contribution in [0.3, 0.4) is 0 Å². The zero-order valence-electron chi connectivity index (χ0n) is 23.8. The molecule has 2 bridgehead atoms. The van der Waals surface area contributed by atoms with E-state index in [2.05, 4.69) is 26.8 Å². The topological polar surface area (TPSA) is 92.4 Å². The number of nitrogens with one attached hydrogen (secondary N) is 1. The van der Waals surface area contributed by atoms with Crippen LogP contribution in [0.25, 0.3) is 22.2 Å². The molecule has 1 aromatic carbocycles. The Balaban J connectivity index is 1.40. The Morgan fingerprint density at radius 2 is 1.89 bits per heavy atom. The van der Waals surface area contributed by atoms with Crippen molar-refractivity contribution in [2.75, 3.05) is 43.4 Å². The van der Waals surface area contributed by atoms with E-state index in [4.69, 9.17) is 27.1 Å². The second-order valence-corrected chi connectivity index (χ2v) is 12.8. The number of pyridine rings is 1. The summed E-state index contributed by atoms with van der Waals surface area (Å²) in [5.74, 6) is -3.11. The van der Waals surface area contributed by atoms with Crippen molar-refractivity contribution in [2.45, 2.75) is 61.8 Å². The van der Waals surface area contributed by atoms with Crippen LogP contribution in [0.1, 0.15) is 44.1 Å². The first kappa shape index (κ1) is 29.4. The molecule has 0 saturated carbocycles. The Bertz CT molecular complexity index is 1660. The second-order valence-electron chi connectivity index (χ2n) is 12.4. The summed E-state index contributed by atoms with van der Waals surface area (Å²) in [6.07, 6.45) is 2.40. The van der Waals surface area contributed by atoms with Crippen LogP contribution in [0, 0.1) is 11.6 Å². The molecule has 4 aliphatic heterocycles. The average Bonchev–Trinajstić information content (AvgIpc) is 3.63. The number of halogens is 6. The van der Waals surface area contributed by atoms with Gasteiger partial charge in [-0.3, -0.25) is 4.90 Å². The van der Waals surface area contributed by atoms with Gasteiger partial charge < -0.3 is 20.7 Å². The molecule has 0 amide bonds. The number of nitrogens with two attached hydrogens (primary N) is 1. The monoisotopic (exact) mass is 635 g/mol. The number of benzene rings is 1. The molecule has 3 N–H and O–H groups in total. The molecule has 6 heterocycles. The van der Waals surface area contributed by atoms with Gasteiger partial charge in [-0.15, -0.1) is 6.58 Å². The Morgan fingerprint density at radius 1 is 1.14 bits per heavy atom. The lowest BCUT2D eigenvalue weighted by Crippen LogP contribution is -2.58. The molecule has 4 aliphatic rings. The number of piperazine rings is 1. The molecule has 14 heteroatoms.